The molecule has 0 saturated heterocycles. The van der Waals surface area contributed by atoms with Gasteiger partial charge in [-0.3, -0.25) is 4.99 Å². The van der Waals surface area contributed by atoms with Gasteiger partial charge in [0.25, 0.3) is 0 Å². The van der Waals surface area contributed by atoms with Crippen LogP contribution in [0.15, 0.2) is 23.2 Å². The normalized spacial score (nSPS) is 17.3. The van der Waals surface area contributed by atoms with E-state index in [1.807, 2.05) is 26.2 Å². The van der Waals surface area contributed by atoms with Gasteiger partial charge in [0.05, 0.1) is 13.3 Å². The van der Waals surface area contributed by atoms with E-state index in [0.717, 1.165) is 55.6 Å². The summed E-state index contributed by atoms with van der Waals surface area (Å²) in [6.07, 6.45) is 1.25. The Bertz CT molecular complexity index is 519. The van der Waals surface area contributed by atoms with Crippen LogP contribution in [-0.2, 0) is 6.54 Å². The second kappa shape index (κ2) is 9.34. The first kappa shape index (κ1) is 17.5. The Morgan fingerprint density at radius 1 is 1.30 bits per heavy atom. The number of benzene rings is 1. The predicted molar refractivity (Wildman–Crippen MR) is 95.2 cm³/mol. The van der Waals surface area contributed by atoms with Crippen LogP contribution in [0.4, 0.5) is 5.69 Å². The number of anilines is 1. The highest BCUT2D eigenvalue weighted by atomic mass is 16.5. The number of hydrogen-bond acceptors (Lipinski definition) is 7. The minimum atomic E-state index is 0.260. The molecule has 7 heteroatoms. The predicted octanol–water partition coefficient (Wildman–Crippen LogP) is 0.311. The highest BCUT2D eigenvalue weighted by Gasteiger charge is 2.14. The molecule has 2 rings (SSSR count). The van der Waals surface area contributed by atoms with E-state index >= 15 is 0 Å². The third-order valence-corrected chi connectivity index (χ3v) is 3.76. The van der Waals surface area contributed by atoms with Crippen LogP contribution in [0.5, 0.6) is 5.75 Å². The van der Waals surface area contributed by atoms with Crippen molar-refractivity contribution in [3.63, 3.8) is 0 Å². The molecule has 0 aromatic heterocycles. The second-order valence-corrected chi connectivity index (χ2v) is 5.44. The van der Waals surface area contributed by atoms with Gasteiger partial charge in [-0.1, -0.05) is 0 Å². The van der Waals surface area contributed by atoms with Crippen molar-refractivity contribution in [1.82, 2.24) is 21.3 Å². The van der Waals surface area contributed by atoms with Gasteiger partial charge in [0.2, 0.25) is 0 Å². The molecule has 0 saturated carbocycles. The van der Waals surface area contributed by atoms with E-state index in [9.17, 15) is 0 Å². The maximum atomic E-state index is 5.44. The van der Waals surface area contributed by atoms with Crippen molar-refractivity contribution in [3.05, 3.63) is 23.8 Å². The number of hydrogen-bond donors (Lipinski definition) is 5. The Balaban J connectivity index is 2.00. The lowest BCUT2D eigenvalue weighted by atomic mass is 10.1. The fourth-order valence-corrected chi connectivity index (χ4v) is 2.45. The largest absolute Gasteiger partial charge is 0.496 e. The van der Waals surface area contributed by atoms with Gasteiger partial charge in [0, 0.05) is 43.9 Å². The summed E-state index contributed by atoms with van der Waals surface area (Å²) >= 11 is 0. The average Bonchev–Trinajstić information content (AvgIpc) is 2.59. The Kier molecular flexibility index (Phi) is 7.12. The van der Waals surface area contributed by atoms with Gasteiger partial charge in [0.1, 0.15) is 5.75 Å². The quantitative estimate of drug-likeness (QED) is 0.444. The lowest BCUT2D eigenvalue weighted by Crippen LogP contribution is -2.49. The molecule has 7 nitrogen and oxygen atoms in total. The highest BCUT2D eigenvalue weighted by molar-refractivity contribution is 5.94. The molecule has 23 heavy (non-hydrogen) atoms. The SMILES string of the molecule is CNCCNCc1cc(NC2=NCCC(NC)N2)ccc1OC. The van der Waals surface area contributed by atoms with Crippen molar-refractivity contribution in [2.75, 3.05) is 46.2 Å². The number of aliphatic imine (C=N–C) groups is 1. The summed E-state index contributed by atoms with van der Waals surface area (Å²) in [5.74, 6) is 1.69. The van der Waals surface area contributed by atoms with Crippen LogP contribution in [0.1, 0.15) is 12.0 Å². The zero-order valence-electron chi connectivity index (χ0n) is 14.2. The molecule has 0 bridgehead atoms. The number of ether oxygens (including phenoxy) is 1. The van der Waals surface area contributed by atoms with Crippen molar-refractivity contribution in [2.45, 2.75) is 19.1 Å². The van der Waals surface area contributed by atoms with E-state index in [-0.39, 0.29) is 6.17 Å². The number of likely N-dealkylation sites (N-methyl/N-ethyl adjacent to an activating group) is 1. The topological polar surface area (TPSA) is 81.7 Å². The number of methoxy groups -OCH3 is 1. The molecule has 0 aliphatic carbocycles. The molecule has 0 spiro atoms. The van der Waals surface area contributed by atoms with E-state index in [2.05, 4.69) is 37.6 Å². The summed E-state index contributed by atoms with van der Waals surface area (Å²) in [7, 11) is 5.59. The molecular weight excluding hydrogens is 292 g/mol. The maximum Gasteiger partial charge on any atom is 0.197 e. The molecule has 0 amide bonds. The van der Waals surface area contributed by atoms with Crippen LogP contribution in [0.2, 0.25) is 0 Å². The summed E-state index contributed by atoms with van der Waals surface area (Å²) in [5.41, 5.74) is 2.12. The molecule has 1 atom stereocenters. The smallest absolute Gasteiger partial charge is 0.197 e. The summed E-state index contributed by atoms with van der Waals surface area (Å²) < 4.78 is 5.44. The van der Waals surface area contributed by atoms with E-state index in [4.69, 9.17) is 4.74 Å². The second-order valence-electron chi connectivity index (χ2n) is 5.44. The third-order valence-electron chi connectivity index (χ3n) is 3.76. The molecule has 1 aliphatic rings. The summed E-state index contributed by atoms with van der Waals surface area (Å²) in [5, 5.41) is 16.4. The highest BCUT2D eigenvalue weighted by Crippen LogP contribution is 2.22. The molecule has 5 N–H and O–H groups in total. The van der Waals surface area contributed by atoms with Crippen LogP contribution in [0.3, 0.4) is 0 Å². The zero-order valence-corrected chi connectivity index (χ0v) is 14.2. The molecule has 128 valence electrons. The van der Waals surface area contributed by atoms with Crippen LogP contribution in [0, 0.1) is 0 Å². The van der Waals surface area contributed by atoms with Crippen LogP contribution < -0.4 is 31.3 Å². The van der Waals surface area contributed by atoms with Gasteiger partial charge in [-0.05, 0) is 32.3 Å². The number of rotatable bonds is 8. The van der Waals surface area contributed by atoms with Crippen molar-refractivity contribution in [1.29, 1.82) is 0 Å². The molecular formula is C16H28N6O. The minimum absolute atomic E-state index is 0.260. The molecule has 0 radical (unpaired) electrons. The first-order valence-corrected chi connectivity index (χ1v) is 8.04. The van der Waals surface area contributed by atoms with E-state index in [1.165, 1.54) is 0 Å². The Morgan fingerprint density at radius 2 is 2.17 bits per heavy atom. The Hall–Kier alpha value is -1.83. The molecule has 1 aliphatic heterocycles. The van der Waals surface area contributed by atoms with Gasteiger partial charge < -0.3 is 31.3 Å². The van der Waals surface area contributed by atoms with E-state index in [0.29, 0.717) is 0 Å². The lowest BCUT2D eigenvalue weighted by molar-refractivity contribution is 0.408. The molecule has 1 heterocycles. The first-order chi connectivity index (χ1) is 11.3. The number of nitrogens with one attached hydrogen (secondary N) is 5. The van der Waals surface area contributed by atoms with Crippen molar-refractivity contribution in [2.24, 2.45) is 4.99 Å². The van der Waals surface area contributed by atoms with Gasteiger partial charge in [-0.2, -0.15) is 0 Å². The lowest BCUT2D eigenvalue weighted by Gasteiger charge is -2.25. The molecule has 1 unspecified atom stereocenters. The van der Waals surface area contributed by atoms with E-state index < -0.39 is 0 Å². The van der Waals surface area contributed by atoms with Crippen molar-refractivity contribution >= 4 is 11.6 Å². The van der Waals surface area contributed by atoms with Crippen LogP contribution in [-0.4, -0.2) is 53.0 Å². The summed E-state index contributed by atoms with van der Waals surface area (Å²) in [6, 6.07) is 6.08. The average molecular weight is 320 g/mol. The van der Waals surface area contributed by atoms with Gasteiger partial charge in [-0.25, -0.2) is 0 Å². The Morgan fingerprint density at radius 3 is 2.91 bits per heavy atom. The minimum Gasteiger partial charge on any atom is -0.496 e. The molecule has 1 aromatic rings. The third kappa shape index (κ3) is 5.38. The van der Waals surface area contributed by atoms with Crippen molar-refractivity contribution in [3.8, 4) is 5.75 Å². The maximum absolute atomic E-state index is 5.44. The Labute approximate surface area is 138 Å². The van der Waals surface area contributed by atoms with Gasteiger partial charge >= 0.3 is 0 Å². The monoisotopic (exact) mass is 320 g/mol. The fourth-order valence-electron chi connectivity index (χ4n) is 2.45. The van der Waals surface area contributed by atoms with Crippen LogP contribution >= 0.6 is 0 Å². The number of nitrogens with zero attached hydrogens (tertiary/aromatic N) is 1. The molecule has 1 aromatic carbocycles. The standard InChI is InChI=1S/C16H28N6O/c1-17-8-9-19-11-12-10-13(4-5-14(12)23-3)21-16-20-7-6-15(18-2)22-16/h4-5,10,15,17-19H,6-9,11H2,1-3H3,(H2,20,21,22). The van der Waals surface area contributed by atoms with Crippen LogP contribution in [0.25, 0.3) is 0 Å². The summed E-state index contributed by atoms with van der Waals surface area (Å²) in [6.45, 7) is 3.43. The molecule has 0 fully saturated rings. The number of guanidine groups is 1. The fraction of sp³-hybridized carbons (Fsp3) is 0.562. The summed E-state index contributed by atoms with van der Waals surface area (Å²) in [4.78, 5) is 4.48. The first-order valence-electron chi connectivity index (χ1n) is 8.04. The van der Waals surface area contributed by atoms with Gasteiger partial charge in [-0.15, -0.1) is 0 Å². The zero-order chi connectivity index (χ0) is 16.5. The van der Waals surface area contributed by atoms with E-state index in [1.54, 1.807) is 7.11 Å². The van der Waals surface area contributed by atoms with Crippen molar-refractivity contribution < 1.29 is 4.74 Å². The van der Waals surface area contributed by atoms with Gasteiger partial charge in [0.15, 0.2) is 5.96 Å².